The molecule has 0 bridgehead atoms. The number of hydrogen-bond acceptors (Lipinski definition) is 6. The number of benzene rings is 2. The van der Waals surface area contributed by atoms with Gasteiger partial charge in [0.05, 0.1) is 18.2 Å². The lowest BCUT2D eigenvalue weighted by atomic mass is 9.96. The normalized spacial score (nSPS) is 11.5. The van der Waals surface area contributed by atoms with Crippen molar-refractivity contribution in [3.05, 3.63) is 82.7 Å². The van der Waals surface area contributed by atoms with E-state index in [1.165, 1.54) is 0 Å². The molecule has 7 nitrogen and oxygen atoms in total. The highest BCUT2D eigenvalue weighted by molar-refractivity contribution is 5.96. The van der Waals surface area contributed by atoms with Crippen LogP contribution in [-0.4, -0.2) is 47.0 Å². The Bertz CT molecular complexity index is 1150. The van der Waals surface area contributed by atoms with Gasteiger partial charge in [0, 0.05) is 24.0 Å². The summed E-state index contributed by atoms with van der Waals surface area (Å²) in [6.45, 7) is 3.70. The van der Waals surface area contributed by atoms with E-state index in [4.69, 9.17) is 9.84 Å². The van der Waals surface area contributed by atoms with Crippen LogP contribution in [0.1, 0.15) is 32.7 Å². The van der Waals surface area contributed by atoms with E-state index in [1.54, 1.807) is 30.5 Å². The van der Waals surface area contributed by atoms with Crippen molar-refractivity contribution in [1.29, 1.82) is 5.26 Å². The lowest BCUT2D eigenvalue weighted by molar-refractivity contribution is 0.0536. The molecular weight excluding hydrogens is 418 g/mol. The van der Waals surface area contributed by atoms with Gasteiger partial charge in [-0.2, -0.15) is 5.26 Å². The second-order valence-corrected chi connectivity index (χ2v) is 7.87. The second kappa shape index (κ2) is 11.2. The Labute approximate surface area is 193 Å². The Balaban J connectivity index is 1.84. The maximum atomic E-state index is 12.9. The molecule has 0 saturated heterocycles. The summed E-state index contributed by atoms with van der Waals surface area (Å²) in [6, 6.07) is 16.6. The zero-order valence-electron chi connectivity index (χ0n) is 18.7. The van der Waals surface area contributed by atoms with Gasteiger partial charge in [-0.25, -0.2) is 0 Å². The Kier molecular flexibility index (Phi) is 8.14. The van der Waals surface area contributed by atoms with E-state index in [0.29, 0.717) is 41.0 Å². The third-order valence-electron chi connectivity index (χ3n) is 5.10. The summed E-state index contributed by atoms with van der Waals surface area (Å²) in [5.41, 5.74) is 5.10. The van der Waals surface area contributed by atoms with Crippen LogP contribution in [0, 0.1) is 25.2 Å². The highest BCUT2D eigenvalue weighted by Gasteiger charge is 2.14. The molecule has 1 heterocycles. The molecular formula is C26H27N3O4. The molecule has 0 radical (unpaired) electrons. The highest BCUT2D eigenvalue weighted by Crippen LogP contribution is 2.29. The number of nitriles is 1. The molecule has 0 unspecified atom stereocenters. The molecule has 170 valence electrons. The number of aliphatic hydroxyl groups is 2. The van der Waals surface area contributed by atoms with Crippen molar-refractivity contribution in [3.63, 3.8) is 0 Å². The molecule has 33 heavy (non-hydrogen) atoms. The van der Waals surface area contributed by atoms with Crippen LogP contribution in [0.2, 0.25) is 0 Å². The molecule has 0 fully saturated rings. The maximum absolute atomic E-state index is 12.9. The number of hydrogen-bond donors (Lipinski definition) is 3. The summed E-state index contributed by atoms with van der Waals surface area (Å²) in [7, 11) is 0. The minimum Gasteiger partial charge on any atom is -0.491 e. The van der Waals surface area contributed by atoms with Gasteiger partial charge < -0.3 is 20.3 Å². The monoisotopic (exact) mass is 445 g/mol. The van der Waals surface area contributed by atoms with Gasteiger partial charge in [0.25, 0.3) is 5.91 Å². The van der Waals surface area contributed by atoms with Crippen LogP contribution in [0.15, 0.2) is 54.7 Å². The predicted octanol–water partition coefficient (Wildman–Crippen LogP) is 2.94. The number of carbonyl (C=O) groups is 1. The first kappa shape index (κ1) is 23.9. The summed E-state index contributed by atoms with van der Waals surface area (Å²) < 4.78 is 5.61. The fourth-order valence-electron chi connectivity index (χ4n) is 3.29. The number of aryl methyl sites for hydroxylation is 2. The average Bonchev–Trinajstić information content (AvgIpc) is 2.83. The predicted molar refractivity (Wildman–Crippen MR) is 125 cm³/mol. The minimum absolute atomic E-state index is 0.125. The topological polar surface area (TPSA) is 115 Å². The standard InChI is InChI=1S/C26H27N3O4/c1-17-3-6-25(22(9-17)13-27)20-10-21(12-24(11-20)33-16-23(31)15-30)26(32)28-8-7-19-5-4-18(2)29-14-19/h3-6,9-12,14,23,30-31H,7-8,15-16H2,1-2H3,(H,28,32)/t23-/m1/s1. The van der Waals surface area contributed by atoms with Crippen LogP contribution >= 0.6 is 0 Å². The van der Waals surface area contributed by atoms with Crippen LogP contribution in [0.4, 0.5) is 0 Å². The van der Waals surface area contributed by atoms with Crippen LogP contribution in [0.3, 0.4) is 0 Å². The van der Waals surface area contributed by atoms with Gasteiger partial charge in [-0.1, -0.05) is 18.2 Å². The molecule has 0 aliphatic heterocycles. The van der Waals surface area contributed by atoms with E-state index >= 15 is 0 Å². The third-order valence-corrected chi connectivity index (χ3v) is 5.10. The van der Waals surface area contributed by atoms with Crippen molar-refractivity contribution >= 4 is 5.91 Å². The van der Waals surface area contributed by atoms with Gasteiger partial charge in [0.2, 0.25) is 0 Å². The maximum Gasteiger partial charge on any atom is 0.251 e. The molecule has 0 spiro atoms. The first-order valence-electron chi connectivity index (χ1n) is 10.7. The lowest BCUT2D eigenvalue weighted by Gasteiger charge is -2.14. The van der Waals surface area contributed by atoms with E-state index in [2.05, 4.69) is 16.4 Å². The van der Waals surface area contributed by atoms with Crippen molar-refractivity contribution in [1.82, 2.24) is 10.3 Å². The van der Waals surface area contributed by atoms with Crippen LogP contribution < -0.4 is 10.1 Å². The summed E-state index contributed by atoms with van der Waals surface area (Å²) in [5.74, 6) is 0.0763. The molecule has 3 aromatic rings. The Morgan fingerprint density at radius 2 is 2.00 bits per heavy atom. The van der Waals surface area contributed by atoms with Gasteiger partial charge in [-0.15, -0.1) is 0 Å². The lowest BCUT2D eigenvalue weighted by Crippen LogP contribution is -2.26. The summed E-state index contributed by atoms with van der Waals surface area (Å²) >= 11 is 0. The molecule has 0 aliphatic rings. The van der Waals surface area contributed by atoms with E-state index < -0.39 is 12.7 Å². The number of aliphatic hydroxyl groups excluding tert-OH is 2. The summed E-state index contributed by atoms with van der Waals surface area (Å²) in [6.07, 6.45) is 1.39. The van der Waals surface area contributed by atoms with Gasteiger partial charge in [-0.3, -0.25) is 9.78 Å². The number of nitrogens with zero attached hydrogens (tertiary/aromatic N) is 2. The number of carbonyl (C=O) groups excluding carboxylic acids is 1. The number of pyridine rings is 1. The van der Waals surface area contributed by atoms with E-state index in [9.17, 15) is 15.2 Å². The van der Waals surface area contributed by atoms with Crippen LogP contribution in [0.5, 0.6) is 5.75 Å². The van der Waals surface area contributed by atoms with Crippen LogP contribution in [0.25, 0.3) is 11.1 Å². The number of rotatable bonds is 9. The zero-order chi connectivity index (χ0) is 23.8. The summed E-state index contributed by atoms with van der Waals surface area (Å²) in [5, 5.41) is 31.2. The fraction of sp³-hybridized carbons (Fsp3) is 0.269. The molecule has 0 aliphatic carbocycles. The van der Waals surface area contributed by atoms with Crippen molar-refractivity contribution in [2.45, 2.75) is 26.4 Å². The molecule has 7 heteroatoms. The van der Waals surface area contributed by atoms with E-state index in [-0.39, 0.29) is 12.5 Å². The third kappa shape index (κ3) is 6.62. The molecule has 0 saturated carbocycles. The first-order chi connectivity index (χ1) is 15.9. The smallest absolute Gasteiger partial charge is 0.251 e. The number of nitrogens with one attached hydrogen (secondary N) is 1. The fourth-order valence-corrected chi connectivity index (χ4v) is 3.29. The largest absolute Gasteiger partial charge is 0.491 e. The van der Waals surface area contributed by atoms with Gasteiger partial charge in [-0.05, 0) is 72.9 Å². The van der Waals surface area contributed by atoms with Gasteiger partial charge >= 0.3 is 0 Å². The molecule has 3 rings (SSSR count). The minimum atomic E-state index is -1.04. The molecule has 2 aromatic carbocycles. The number of aromatic nitrogens is 1. The molecule has 1 aromatic heterocycles. The Morgan fingerprint density at radius 3 is 2.70 bits per heavy atom. The van der Waals surface area contributed by atoms with Crippen LogP contribution in [-0.2, 0) is 6.42 Å². The SMILES string of the molecule is Cc1ccc(-c2cc(OC[C@H](O)CO)cc(C(=O)NCCc3ccc(C)nc3)c2)c(C#N)c1. The van der Waals surface area contributed by atoms with Crippen molar-refractivity contribution in [3.8, 4) is 22.9 Å². The average molecular weight is 446 g/mol. The quantitative estimate of drug-likeness (QED) is 0.466. The first-order valence-corrected chi connectivity index (χ1v) is 10.7. The van der Waals surface area contributed by atoms with Gasteiger partial charge in [0.15, 0.2) is 0 Å². The van der Waals surface area contributed by atoms with Crippen molar-refractivity contribution in [2.75, 3.05) is 19.8 Å². The molecule has 3 N–H and O–H groups in total. The van der Waals surface area contributed by atoms with E-state index in [1.807, 2.05) is 38.1 Å². The van der Waals surface area contributed by atoms with Crippen molar-refractivity contribution < 1.29 is 19.7 Å². The number of ether oxygens (including phenoxy) is 1. The second-order valence-electron chi connectivity index (χ2n) is 7.87. The van der Waals surface area contributed by atoms with Crippen molar-refractivity contribution in [2.24, 2.45) is 0 Å². The zero-order valence-corrected chi connectivity index (χ0v) is 18.7. The summed E-state index contributed by atoms with van der Waals surface area (Å²) in [4.78, 5) is 17.2. The molecule has 1 amide bonds. The highest BCUT2D eigenvalue weighted by atomic mass is 16.5. The van der Waals surface area contributed by atoms with E-state index in [0.717, 1.165) is 16.8 Å². The number of amides is 1. The Hall–Kier alpha value is -3.73. The van der Waals surface area contributed by atoms with Gasteiger partial charge in [0.1, 0.15) is 18.5 Å². The molecule has 1 atom stereocenters. The Morgan fingerprint density at radius 1 is 1.18 bits per heavy atom.